The van der Waals surface area contributed by atoms with E-state index in [-0.39, 0.29) is 18.8 Å². The van der Waals surface area contributed by atoms with Crippen LogP contribution >= 0.6 is 15.9 Å². The molecular weight excluding hydrogens is 310 g/mol. The molecule has 5 heteroatoms. The maximum Gasteiger partial charge on any atom is 0.133 e. The summed E-state index contributed by atoms with van der Waals surface area (Å²) in [4.78, 5) is 2.27. The Kier molecular flexibility index (Phi) is 5.21. The van der Waals surface area contributed by atoms with Gasteiger partial charge < -0.3 is 14.6 Å². The van der Waals surface area contributed by atoms with Gasteiger partial charge in [-0.1, -0.05) is 6.07 Å². The first-order chi connectivity index (χ1) is 9.17. The fourth-order valence-electron chi connectivity index (χ4n) is 2.53. The van der Waals surface area contributed by atoms with Crippen LogP contribution in [-0.4, -0.2) is 49.5 Å². The van der Waals surface area contributed by atoms with E-state index in [1.54, 1.807) is 14.2 Å². The summed E-state index contributed by atoms with van der Waals surface area (Å²) in [5.41, 5.74) is 1.20. The molecule has 1 saturated heterocycles. The van der Waals surface area contributed by atoms with Gasteiger partial charge in [-0.15, -0.1) is 0 Å². The van der Waals surface area contributed by atoms with E-state index in [2.05, 4.69) is 33.0 Å². The van der Waals surface area contributed by atoms with Crippen LogP contribution in [0, 0.1) is 0 Å². The lowest BCUT2D eigenvalue weighted by Gasteiger charge is -2.22. The SMILES string of the molecule is COc1ccc(CN2C[C@H](OC)C[C@H]2CO)cc1Br. The molecule has 2 rings (SSSR count). The van der Waals surface area contributed by atoms with Crippen molar-refractivity contribution < 1.29 is 14.6 Å². The molecule has 2 atom stereocenters. The predicted molar refractivity (Wildman–Crippen MR) is 77.4 cm³/mol. The summed E-state index contributed by atoms with van der Waals surface area (Å²) in [7, 11) is 3.39. The van der Waals surface area contributed by atoms with Crippen molar-refractivity contribution in [1.82, 2.24) is 4.90 Å². The predicted octanol–water partition coefficient (Wildman–Crippen LogP) is 2.04. The average molecular weight is 330 g/mol. The first-order valence-corrected chi connectivity index (χ1v) is 7.17. The van der Waals surface area contributed by atoms with Gasteiger partial charge in [-0.05, 0) is 40.0 Å². The zero-order valence-electron chi connectivity index (χ0n) is 11.3. The monoisotopic (exact) mass is 329 g/mol. The average Bonchev–Trinajstić information content (AvgIpc) is 2.81. The minimum absolute atomic E-state index is 0.178. The quantitative estimate of drug-likeness (QED) is 0.897. The molecule has 0 spiro atoms. The smallest absolute Gasteiger partial charge is 0.133 e. The number of likely N-dealkylation sites (tertiary alicyclic amines) is 1. The Labute approximate surface area is 122 Å². The van der Waals surface area contributed by atoms with Gasteiger partial charge in [0.1, 0.15) is 5.75 Å². The van der Waals surface area contributed by atoms with Gasteiger partial charge in [0.25, 0.3) is 0 Å². The van der Waals surface area contributed by atoms with E-state index in [9.17, 15) is 5.11 Å². The molecule has 1 aromatic rings. The molecule has 106 valence electrons. The number of halogens is 1. The summed E-state index contributed by atoms with van der Waals surface area (Å²) < 4.78 is 11.6. The number of rotatable bonds is 5. The number of nitrogens with zero attached hydrogens (tertiary/aromatic N) is 1. The summed E-state index contributed by atoms with van der Waals surface area (Å²) in [6.45, 7) is 1.86. The van der Waals surface area contributed by atoms with E-state index in [0.29, 0.717) is 0 Å². The van der Waals surface area contributed by atoms with Gasteiger partial charge in [-0.2, -0.15) is 0 Å². The minimum Gasteiger partial charge on any atom is -0.496 e. The molecule has 4 nitrogen and oxygen atoms in total. The summed E-state index contributed by atoms with van der Waals surface area (Å²) >= 11 is 3.50. The van der Waals surface area contributed by atoms with Gasteiger partial charge >= 0.3 is 0 Å². The van der Waals surface area contributed by atoms with Crippen LogP contribution in [0.25, 0.3) is 0 Å². The first-order valence-electron chi connectivity index (χ1n) is 6.38. The molecule has 1 aliphatic heterocycles. The molecule has 1 fully saturated rings. The zero-order chi connectivity index (χ0) is 13.8. The fraction of sp³-hybridized carbons (Fsp3) is 0.571. The van der Waals surface area contributed by atoms with Crippen molar-refractivity contribution in [2.24, 2.45) is 0 Å². The van der Waals surface area contributed by atoms with Crippen molar-refractivity contribution in [1.29, 1.82) is 0 Å². The molecule has 0 unspecified atom stereocenters. The third-order valence-electron chi connectivity index (χ3n) is 3.64. The molecule has 0 radical (unpaired) electrons. The maximum absolute atomic E-state index is 9.44. The van der Waals surface area contributed by atoms with Crippen LogP contribution in [-0.2, 0) is 11.3 Å². The van der Waals surface area contributed by atoms with Crippen LogP contribution in [0.2, 0.25) is 0 Å². The van der Waals surface area contributed by atoms with Crippen LogP contribution in [0.1, 0.15) is 12.0 Å². The highest BCUT2D eigenvalue weighted by atomic mass is 79.9. The molecule has 0 aliphatic carbocycles. The number of benzene rings is 1. The highest BCUT2D eigenvalue weighted by molar-refractivity contribution is 9.10. The molecule has 19 heavy (non-hydrogen) atoms. The van der Waals surface area contributed by atoms with Crippen LogP contribution in [0.4, 0.5) is 0 Å². The molecule has 1 heterocycles. The molecule has 0 bridgehead atoms. The second kappa shape index (κ2) is 6.70. The molecular formula is C14H20BrNO3. The number of methoxy groups -OCH3 is 2. The summed E-state index contributed by atoms with van der Waals surface area (Å²) in [6.07, 6.45) is 1.11. The van der Waals surface area contributed by atoms with Crippen molar-refractivity contribution in [2.45, 2.75) is 25.1 Å². The Morgan fingerprint density at radius 1 is 1.42 bits per heavy atom. The Morgan fingerprint density at radius 2 is 2.21 bits per heavy atom. The molecule has 0 aromatic heterocycles. The first kappa shape index (κ1) is 14.8. The topological polar surface area (TPSA) is 41.9 Å². The van der Waals surface area contributed by atoms with Gasteiger partial charge in [0.15, 0.2) is 0 Å². The van der Waals surface area contributed by atoms with Crippen LogP contribution < -0.4 is 4.74 Å². The second-order valence-electron chi connectivity index (χ2n) is 4.83. The van der Waals surface area contributed by atoms with E-state index >= 15 is 0 Å². The largest absolute Gasteiger partial charge is 0.496 e. The third-order valence-corrected chi connectivity index (χ3v) is 4.26. The summed E-state index contributed by atoms with van der Waals surface area (Å²) in [5.74, 6) is 0.832. The van der Waals surface area contributed by atoms with Crippen LogP contribution in [0.3, 0.4) is 0 Å². The van der Waals surface area contributed by atoms with Crippen LogP contribution in [0.5, 0.6) is 5.75 Å². The number of aliphatic hydroxyl groups is 1. The lowest BCUT2D eigenvalue weighted by atomic mass is 10.2. The summed E-state index contributed by atoms with van der Waals surface area (Å²) in [5, 5.41) is 9.44. The van der Waals surface area contributed by atoms with Gasteiger partial charge in [-0.3, -0.25) is 4.90 Å². The normalized spacial score (nSPS) is 23.8. The Bertz CT molecular complexity index is 427. The lowest BCUT2D eigenvalue weighted by molar-refractivity contribution is 0.107. The third kappa shape index (κ3) is 3.48. The van der Waals surface area contributed by atoms with Crippen molar-refractivity contribution in [3.8, 4) is 5.75 Å². The van der Waals surface area contributed by atoms with E-state index in [1.807, 2.05) is 6.07 Å². The molecule has 0 saturated carbocycles. The number of aliphatic hydroxyl groups excluding tert-OH is 1. The number of hydrogen-bond acceptors (Lipinski definition) is 4. The van der Waals surface area contributed by atoms with Gasteiger partial charge in [0.05, 0.1) is 24.3 Å². The highest BCUT2D eigenvalue weighted by Gasteiger charge is 2.31. The number of hydrogen-bond donors (Lipinski definition) is 1. The Hall–Kier alpha value is -0.620. The van der Waals surface area contributed by atoms with Crippen molar-refractivity contribution >= 4 is 15.9 Å². The number of ether oxygens (including phenoxy) is 2. The fourth-order valence-corrected chi connectivity index (χ4v) is 3.12. The van der Waals surface area contributed by atoms with E-state index in [4.69, 9.17) is 9.47 Å². The maximum atomic E-state index is 9.44. The zero-order valence-corrected chi connectivity index (χ0v) is 12.9. The van der Waals surface area contributed by atoms with E-state index < -0.39 is 0 Å². The van der Waals surface area contributed by atoms with Gasteiger partial charge in [0.2, 0.25) is 0 Å². The highest BCUT2D eigenvalue weighted by Crippen LogP contribution is 2.28. The molecule has 1 aliphatic rings. The summed E-state index contributed by atoms with van der Waals surface area (Å²) in [6, 6.07) is 6.26. The van der Waals surface area contributed by atoms with Crippen molar-refractivity contribution in [2.75, 3.05) is 27.4 Å². The Balaban J connectivity index is 2.06. The van der Waals surface area contributed by atoms with Crippen molar-refractivity contribution in [3.05, 3.63) is 28.2 Å². The van der Waals surface area contributed by atoms with E-state index in [0.717, 1.165) is 29.7 Å². The van der Waals surface area contributed by atoms with Gasteiger partial charge in [0, 0.05) is 26.2 Å². The molecule has 1 aromatic carbocycles. The van der Waals surface area contributed by atoms with Gasteiger partial charge in [-0.25, -0.2) is 0 Å². The standard InChI is InChI=1S/C14H20BrNO3/c1-18-12-6-11(9-17)16(8-12)7-10-3-4-14(19-2)13(15)5-10/h3-5,11-12,17H,6-9H2,1-2H3/t11-,12+/m0/s1. The minimum atomic E-state index is 0.178. The van der Waals surface area contributed by atoms with Crippen molar-refractivity contribution in [3.63, 3.8) is 0 Å². The van der Waals surface area contributed by atoms with Crippen LogP contribution in [0.15, 0.2) is 22.7 Å². The Morgan fingerprint density at radius 3 is 2.79 bits per heavy atom. The lowest BCUT2D eigenvalue weighted by Crippen LogP contribution is -2.31. The molecule has 0 amide bonds. The molecule has 1 N–H and O–H groups in total. The second-order valence-corrected chi connectivity index (χ2v) is 5.68. The van der Waals surface area contributed by atoms with E-state index in [1.165, 1.54) is 5.56 Å².